The van der Waals surface area contributed by atoms with Crippen LogP contribution in [0.1, 0.15) is 32.8 Å². The number of alkyl carbamates (subject to hydrolysis) is 1. The number of ether oxygens (including phenoxy) is 1. The molecule has 11 nitrogen and oxygen atoms in total. The molecule has 0 spiro atoms. The van der Waals surface area contributed by atoms with Crippen LogP contribution in [-0.2, 0) is 25.5 Å². The summed E-state index contributed by atoms with van der Waals surface area (Å²) in [7, 11) is 0. The first-order valence-corrected chi connectivity index (χ1v) is 11.7. The molecule has 4 amide bonds. The van der Waals surface area contributed by atoms with Gasteiger partial charge in [0, 0.05) is 6.42 Å². The van der Waals surface area contributed by atoms with E-state index in [0.29, 0.717) is 17.7 Å². The molecule has 0 aliphatic rings. The lowest BCUT2D eigenvalue weighted by Crippen LogP contribution is -2.55. The van der Waals surface area contributed by atoms with Gasteiger partial charge in [-0.25, -0.2) is 10.6 Å². The Kier molecular flexibility index (Phi) is 11.5. The summed E-state index contributed by atoms with van der Waals surface area (Å²) in [6, 6.07) is 4.19. The summed E-state index contributed by atoms with van der Waals surface area (Å²) in [5.74, 6) is 3.91. The van der Waals surface area contributed by atoms with E-state index < -0.39 is 41.5 Å². The molecule has 0 radical (unpaired) electrons. The van der Waals surface area contributed by atoms with Crippen molar-refractivity contribution in [3.05, 3.63) is 29.8 Å². The molecule has 0 saturated carbocycles. The van der Waals surface area contributed by atoms with Gasteiger partial charge in [0.15, 0.2) is 0 Å². The number of carbonyl (C=O) groups is 4. The average molecular weight is 484 g/mol. The number of nitrogens with one attached hydrogen (secondary N) is 4. The molecule has 12 heteroatoms. The van der Waals surface area contributed by atoms with Gasteiger partial charge in [-0.1, -0.05) is 12.1 Å². The Morgan fingerprint density at radius 3 is 2.24 bits per heavy atom. The van der Waals surface area contributed by atoms with Crippen LogP contribution in [0.15, 0.2) is 24.3 Å². The van der Waals surface area contributed by atoms with Gasteiger partial charge in [0.1, 0.15) is 23.4 Å². The van der Waals surface area contributed by atoms with Gasteiger partial charge in [0.05, 0.1) is 6.54 Å². The molecular weight excluding hydrogens is 450 g/mol. The third-order valence-corrected chi connectivity index (χ3v) is 4.86. The van der Waals surface area contributed by atoms with Crippen LogP contribution in [0.4, 0.5) is 4.79 Å². The van der Waals surface area contributed by atoms with E-state index in [2.05, 4.69) is 16.0 Å². The molecule has 2 unspecified atom stereocenters. The highest BCUT2D eigenvalue weighted by molar-refractivity contribution is 7.98. The molecule has 184 valence electrons. The van der Waals surface area contributed by atoms with Gasteiger partial charge in [0.25, 0.3) is 5.91 Å². The van der Waals surface area contributed by atoms with E-state index in [1.165, 1.54) is 23.9 Å². The summed E-state index contributed by atoms with van der Waals surface area (Å²) in [6.07, 6.45) is 1.47. The van der Waals surface area contributed by atoms with Gasteiger partial charge in [-0.3, -0.25) is 19.8 Å². The second-order valence-electron chi connectivity index (χ2n) is 8.20. The molecule has 1 rings (SSSR count). The van der Waals surface area contributed by atoms with E-state index >= 15 is 0 Å². The van der Waals surface area contributed by atoms with Gasteiger partial charge < -0.3 is 25.8 Å². The Morgan fingerprint density at radius 1 is 1.06 bits per heavy atom. The van der Waals surface area contributed by atoms with E-state index in [1.807, 2.05) is 11.7 Å². The first-order valence-electron chi connectivity index (χ1n) is 10.3. The zero-order valence-electron chi connectivity index (χ0n) is 19.3. The predicted molar refractivity (Wildman–Crippen MR) is 125 cm³/mol. The molecule has 1 aromatic carbocycles. The fourth-order valence-corrected chi connectivity index (χ4v) is 3.12. The number of hydrazine groups is 1. The summed E-state index contributed by atoms with van der Waals surface area (Å²) in [5, 5.41) is 17.1. The molecule has 0 saturated heterocycles. The van der Waals surface area contributed by atoms with E-state index in [-0.39, 0.29) is 18.7 Å². The zero-order chi connectivity index (χ0) is 25.0. The number of amides is 4. The molecule has 2 atom stereocenters. The minimum atomic E-state index is -1.05. The normalized spacial score (nSPS) is 12.8. The molecule has 0 aliphatic carbocycles. The Bertz CT molecular complexity index is 812. The van der Waals surface area contributed by atoms with E-state index in [0.717, 1.165) is 0 Å². The number of benzene rings is 1. The van der Waals surface area contributed by atoms with Crippen molar-refractivity contribution in [3.8, 4) is 5.75 Å². The second kappa shape index (κ2) is 13.5. The molecular formula is C21H33N5O6S. The summed E-state index contributed by atoms with van der Waals surface area (Å²) in [4.78, 5) is 49.3. The zero-order valence-corrected chi connectivity index (χ0v) is 20.1. The fourth-order valence-electron chi connectivity index (χ4n) is 2.65. The quantitative estimate of drug-likeness (QED) is 0.147. The highest BCUT2D eigenvalue weighted by Crippen LogP contribution is 2.13. The maximum Gasteiger partial charge on any atom is 0.408 e. The highest BCUT2D eigenvalue weighted by Gasteiger charge is 2.28. The van der Waals surface area contributed by atoms with Crippen LogP contribution in [-0.4, -0.2) is 65.2 Å². The number of phenols is 1. The fraction of sp³-hybridized carbons (Fsp3) is 0.524. The van der Waals surface area contributed by atoms with Gasteiger partial charge >= 0.3 is 6.09 Å². The minimum absolute atomic E-state index is 0.0650. The molecule has 7 N–H and O–H groups in total. The van der Waals surface area contributed by atoms with Crippen LogP contribution >= 0.6 is 11.8 Å². The number of phenolic OH excluding ortho intramolecular Hbond substituents is 1. The summed E-state index contributed by atoms with van der Waals surface area (Å²) >= 11 is 1.49. The molecule has 0 bridgehead atoms. The molecule has 33 heavy (non-hydrogen) atoms. The van der Waals surface area contributed by atoms with Crippen LogP contribution in [0.5, 0.6) is 5.75 Å². The largest absolute Gasteiger partial charge is 0.508 e. The average Bonchev–Trinajstić information content (AvgIpc) is 2.74. The second-order valence-corrected chi connectivity index (χ2v) is 9.18. The Hall–Kier alpha value is -2.99. The first kappa shape index (κ1) is 28.0. The van der Waals surface area contributed by atoms with E-state index in [4.69, 9.17) is 10.6 Å². The number of hydrogen-bond donors (Lipinski definition) is 6. The number of carbonyl (C=O) groups excluding carboxylic acids is 4. The number of aromatic hydroxyl groups is 1. The van der Waals surface area contributed by atoms with Crippen molar-refractivity contribution >= 4 is 35.6 Å². The smallest absolute Gasteiger partial charge is 0.408 e. The summed E-state index contributed by atoms with van der Waals surface area (Å²) in [5.41, 5.74) is 1.81. The van der Waals surface area contributed by atoms with Gasteiger partial charge in [-0.05, 0) is 56.9 Å². The first-order chi connectivity index (χ1) is 15.4. The minimum Gasteiger partial charge on any atom is -0.508 e. The SMILES string of the molecule is CSCCC(NC(=O)C(Cc1ccc(O)cc1)NC(=O)OC(C)(C)C)C(=O)NCC(=O)NN. The van der Waals surface area contributed by atoms with E-state index in [1.54, 1.807) is 32.9 Å². The van der Waals surface area contributed by atoms with Crippen LogP contribution in [0, 0.1) is 0 Å². The van der Waals surface area contributed by atoms with Gasteiger partial charge in [-0.15, -0.1) is 0 Å². The molecule has 0 fully saturated rings. The van der Waals surface area contributed by atoms with E-state index in [9.17, 15) is 24.3 Å². The highest BCUT2D eigenvalue weighted by atomic mass is 32.2. The molecule has 0 aromatic heterocycles. The summed E-state index contributed by atoms with van der Waals surface area (Å²) in [6.45, 7) is 4.75. The van der Waals surface area contributed by atoms with Crippen LogP contribution in [0.25, 0.3) is 0 Å². The van der Waals surface area contributed by atoms with Crippen molar-refractivity contribution in [3.63, 3.8) is 0 Å². The van der Waals surface area contributed by atoms with Crippen LogP contribution in [0.2, 0.25) is 0 Å². The maximum absolute atomic E-state index is 13.1. The lowest BCUT2D eigenvalue weighted by atomic mass is 10.0. The number of thioether (sulfide) groups is 1. The maximum atomic E-state index is 13.1. The molecule has 1 aromatic rings. The van der Waals surface area contributed by atoms with Crippen molar-refractivity contribution in [2.45, 2.75) is 51.3 Å². The Morgan fingerprint density at radius 2 is 1.70 bits per heavy atom. The third kappa shape index (κ3) is 11.4. The summed E-state index contributed by atoms with van der Waals surface area (Å²) < 4.78 is 5.26. The monoisotopic (exact) mass is 483 g/mol. The molecule has 0 aliphatic heterocycles. The lowest BCUT2D eigenvalue weighted by Gasteiger charge is -2.25. The standard InChI is InChI=1S/C21H33N5O6S/c1-21(2,3)32-20(31)25-16(11-13-5-7-14(27)8-6-13)19(30)24-15(9-10-33-4)18(29)23-12-17(28)26-22/h5-8,15-16,27H,9-12,22H2,1-4H3,(H,23,29)(H,24,30)(H,25,31)(H,26,28). The van der Waals surface area contributed by atoms with Gasteiger partial charge in [0.2, 0.25) is 11.8 Å². The Balaban J connectivity index is 2.99. The number of rotatable bonds is 11. The lowest BCUT2D eigenvalue weighted by molar-refractivity contribution is -0.131. The van der Waals surface area contributed by atoms with Gasteiger partial charge in [-0.2, -0.15) is 11.8 Å². The Labute approximate surface area is 197 Å². The van der Waals surface area contributed by atoms with Crippen molar-refractivity contribution in [1.82, 2.24) is 21.4 Å². The number of nitrogens with two attached hydrogens (primary N) is 1. The van der Waals surface area contributed by atoms with Crippen molar-refractivity contribution < 1.29 is 29.0 Å². The van der Waals surface area contributed by atoms with Crippen molar-refractivity contribution in [1.29, 1.82) is 0 Å². The van der Waals surface area contributed by atoms with Crippen molar-refractivity contribution in [2.24, 2.45) is 5.84 Å². The predicted octanol–water partition coefficient (Wildman–Crippen LogP) is 0.172. The van der Waals surface area contributed by atoms with Crippen LogP contribution < -0.4 is 27.2 Å². The van der Waals surface area contributed by atoms with Crippen LogP contribution in [0.3, 0.4) is 0 Å². The molecule has 0 heterocycles. The third-order valence-electron chi connectivity index (χ3n) is 4.21. The van der Waals surface area contributed by atoms with Crippen molar-refractivity contribution in [2.75, 3.05) is 18.6 Å². The topological polar surface area (TPSA) is 172 Å². The number of hydrogen-bond acceptors (Lipinski definition) is 8.